The van der Waals surface area contributed by atoms with E-state index in [2.05, 4.69) is 10.2 Å². The first-order valence-electron chi connectivity index (χ1n) is 9.25. The standard InChI is InChI=1S/C19H23ClN4O4S/c1-28-11-6-21-16-4-2-14(12-17(16)24(26)27)19(25)23-9-7-22(8-10-23)13-15-3-5-18(20)29-15/h2-5,12,21H,6-11,13H2,1H3. The normalized spacial score (nSPS) is 14.8. The predicted octanol–water partition coefficient (Wildman–Crippen LogP) is 3.33. The molecule has 2 heterocycles. The summed E-state index contributed by atoms with van der Waals surface area (Å²) in [6.07, 6.45) is 0. The molecule has 29 heavy (non-hydrogen) atoms. The number of halogens is 1. The Kier molecular flexibility index (Phi) is 7.43. The highest BCUT2D eigenvalue weighted by Crippen LogP contribution is 2.27. The molecule has 10 heteroatoms. The largest absolute Gasteiger partial charge is 0.383 e. The molecule has 1 aliphatic rings. The molecule has 0 spiro atoms. The van der Waals surface area contributed by atoms with Crippen molar-refractivity contribution in [2.75, 3.05) is 51.8 Å². The summed E-state index contributed by atoms with van der Waals surface area (Å²) in [4.78, 5) is 29.0. The van der Waals surface area contributed by atoms with Crippen LogP contribution in [0.4, 0.5) is 11.4 Å². The lowest BCUT2D eigenvalue weighted by atomic mass is 10.1. The average molecular weight is 439 g/mol. The second kappa shape index (κ2) is 10.0. The zero-order valence-corrected chi connectivity index (χ0v) is 17.7. The first-order valence-corrected chi connectivity index (χ1v) is 10.4. The monoisotopic (exact) mass is 438 g/mol. The minimum absolute atomic E-state index is 0.111. The summed E-state index contributed by atoms with van der Waals surface area (Å²) in [5, 5.41) is 14.4. The molecule has 0 aliphatic carbocycles. The van der Waals surface area contributed by atoms with Crippen LogP contribution in [0.1, 0.15) is 15.2 Å². The number of carbonyl (C=O) groups excluding carboxylic acids is 1. The van der Waals surface area contributed by atoms with Gasteiger partial charge >= 0.3 is 0 Å². The van der Waals surface area contributed by atoms with Gasteiger partial charge in [-0.05, 0) is 24.3 Å². The number of ether oxygens (including phenoxy) is 1. The van der Waals surface area contributed by atoms with Crippen LogP contribution in [0.3, 0.4) is 0 Å². The van der Waals surface area contributed by atoms with Crippen LogP contribution in [0.5, 0.6) is 0 Å². The number of nitro benzene ring substituents is 1. The Morgan fingerprint density at radius 3 is 2.66 bits per heavy atom. The number of carbonyl (C=O) groups is 1. The van der Waals surface area contributed by atoms with E-state index in [1.807, 2.05) is 12.1 Å². The van der Waals surface area contributed by atoms with E-state index in [1.165, 1.54) is 10.9 Å². The lowest BCUT2D eigenvalue weighted by molar-refractivity contribution is -0.384. The summed E-state index contributed by atoms with van der Waals surface area (Å²) in [5.41, 5.74) is 0.593. The number of rotatable bonds is 8. The van der Waals surface area contributed by atoms with Crippen LogP contribution < -0.4 is 5.32 Å². The van der Waals surface area contributed by atoms with Crippen molar-refractivity contribution in [1.82, 2.24) is 9.80 Å². The summed E-state index contributed by atoms with van der Waals surface area (Å²) in [6.45, 7) is 4.35. The Labute approximate surface area is 178 Å². The minimum atomic E-state index is -0.476. The van der Waals surface area contributed by atoms with E-state index in [0.717, 1.165) is 24.0 Å². The van der Waals surface area contributed by atoms with Crippen molar-refractivity contribution in [3.05, 3.63) is 55.2 Å². The number of nitrogens with zero attached hydrogens (tertiary/aromatic N) is 3. The van der Waals surface area contributed by atoms with E-state index >= 15 is 0 Å². The Morgan fingerprint density at radius 1 is 1.28 bits per heavy atom. The van der Waals surface area contributed by atoms with Gasteiger partial charge in [-0.3, -0.25) is 19.8 Å². The fourth-order valence-electron chi connectivity index (χ4n) is 3.20. The number of benzene rings is 1. The Morgan fingerprint density at radius 2 is 2.03 bits per heavy atom. The van der Waals surface area contributed by atoms with Crippen molar-refractivity contribution >= 4 is 40.2 Å². The third kappa shape index (κ3) is 5.66. The van der Waals surface area contributed by atoms with Gasteiger partial charge in [-0.25, -0.2) is 0 Å². The quantitative estimate of drug-likeness (QED) is 0.386. The summed E-state index contributed by atoms with van der Waals surface area (Å²) >= 11 is 7.54. The zero-order chi connectivity index (χ0) is 20.8. The van der Waals surface area contributed by atoms with Crippen molar-refractivity contribution in [2.24, 2.45) is 0 Å². The summed E-state index contributed by atoms with van der Waals surface area (Å²) < 4.78 is 5.72. The molecule has 0 atom stereocenters. The molecule has 1 amide bonds. The number of methoxy groups -OCH3 is 1. The number of anilines is 1. The first-order chi connectivity index (χ1) is 14.0. The lowest BCUT2D eigenvalue weighted by Crippen LogP contribution is -2.48. The second-order valence-electron chi connectivity index (χ2n) is 6.68. The van der Waals surface area contributed by atoms with Crippen LogP contribution in [-0.4, -0.2) is 67.1 Å². The van der Waals surface area contributed by atoms with Gasteiger partial charge < -0.3 is 15.0 Å². The van der Waals surface area contributed by atoms with Gasteiger partial charge in [0.2, 0.25) is 0 Å². The predicted molar refractivity (Wildman–Crippen MR) is 114 cm³/mol. The lowest BCUT2D eigenvalue weighted by Gasteiger charge is -2.34. The molecule has 0 bridgehead atoms. The van der Waals surface area contributed by atoms with E-state index in [4.69, 9.17) is 16.3 Å². The molecule has 2 aromatic rings. The van der Waals surface area contributed by atoms with Gasteiger partial charge in [-0.1, -0.05) is 11.6 Å². The highest BCUT2D eigenvalue weighted by atomic mass is 35.5. The zero-order valence-electron chi connectivity index (χ0n) is 16.1. The van der Waals surface area contributed by atoms with Crippen LogP contribution in [0, 0.1) is 10.1 Å². The van der Waals surface area contributed by atoms with Crippen LogP contribution in [0.2, 0.25) is 4.34 Å². The maximum absolute atomic E-state index is 12.8. The molecule has 1 fully saturated rings. The van der Waals surface area contributed by atoms with Crippen molar-refractivity contribution in [3.8, 4) is 0 Å². The van der Waals surface area contributed by atoms with Gasteiger partial charge in [-0.15, -0.1) is 11.3 Å². The summed E-state index contributed by atoms with van der Waals surface area (Å²) in [5.74, 6) is -0.185. The van der Waals surface area contributed by atoms with Gasteiger partial charge in [0.05, 0.1) is 15.9 Å². The number of nitrogens with one attached hydrogen (secondary N) is 1. The van der Waals surface area contributed by atoms with E-state index < -0.39 is 4.92 Å². The highest BCUT2D eigenvalue weighted by Gasteiger charge is 2.25. The molecule has 1 aliphatic heterocycles. The number of amides is 1. The van der Waals surface area contributed by atoms with E-state index in [-0.39, 0.29) is 11.6 Å². The number of piperazine rings is 1. The fraction of sp³-hybridized carbons (Fsp3) is 0.421. The van der Waals surface area contributed by atoms with Gasteiger partial charge in [0.1, 0.15) is 5.69 Å². The van der Waals surface area contributed by atoms with Crippen molar-refractivity contribution < 1.29 is 14.5 Å². The van der Waals surface area contributed by atoms with Gasteiger partial charge in [-0.2, -0.15) is 0 Å². The Hall–Kier alpha value is -2.20. The van der Waals surface area contributed by atoms with Crippen LogP contribution >= 0.6 is 22.9 Å². The molecule has 3 rings (SSSR count). The molecular formula is C19H23ClN4O4S. The molecule has 1 saturated heterocycles. The smallest absolute Gasteiger partial charge is 0.293 e. The van der Waals surface area contributed by atoms with Crippen LogP contribution in [0.25, 0.3) is 0 Å². The van der Waals surface area contributed by atoms with Gasteiger partial charge in [0.25, 0.3) is 11.6 Å². The fourth-order valence-corrected chi connectivity index (χ4v) is 4.33. The topological polar surface area (TPSA) is 88.0 Å². The van der Waals surface area contributed by atoms with Crippen molar-refractivity contribution in [1.29, 1.82) is 0 Å². The Balaban J connectivity index is 1.61. The SMILES string of the molecule is COCCNc1ccc(C(=O)N2CCN(Cc3ccc(Cl)s3)CC2)cc1[N+](=O)[O-]. The first kappa shape index (κ1) is 21.5. The van der Waals surface area contributed by atoms with Gasteiger partial charge in [0.15, 0.2) is 0 Å². The number of nitro groups is 1. The molecular weight excluding hydrogens is 416 g/mol. The minimum Gasteiger partial charge on any atom is -0.383 e. The molecule has 156 valence electrons. The number of thiophene rings is 1. The summed E-state index contributed by atoms with van der Waals surface area (Å²) in [7, 11) is 1.56. The Bertz CT molecular complexity index is 868. The second-order valence-corrected chi connectivity index (χ2v) is 8.48. The molecule has 1 N–H and O–H groups in total. The molecule has 0 unspecified atom stereocenters. The third-order valence-corrected chi connectivity index (χ3v) is 5.95. The molecule has 1 aromatic heterocycles. The average Bonchev–Trinajstić information content (AvgIpc) is 3.13. The number of hydrogen-bond acceptors (Lipinski definition) is 7. The maximum Gasteiger partial charge on any atom is 0.293 e. The third-order valence-electron chi connectivity index (χ3n) is 4.73. The molecule has 0 saturated carbocycles. The molecule has 0 radical (unpaired) electrons. The van der Waals surface area contributed by atoms with Crippen LogP contribution in [-0.2, 0) is 11.3 Å². The van der Waals surface area contributed by atoms with Crippen molar-refractivity contribution in [3.63, 3.8) is 0 Å². The molecule has 1 aromatic carbocycles. The molecule has 8 nitrogen and oxygen atoms in total. The van der Waals surface area contributed by atoms with E-state index in [0.29, 0.717) is 37.5 Å². The van der Waals surface area contributed by atoms with Gasteiger partial charge in [0, 0.05) is 62.9 Å². The maximum atomic E-state index is 12.8. The van der Waals surface area contributed by atoms with E-state index in [9.17, 15) is 14.9 Å². The summed E-state index contributed by atoms with van der Waals surface area (Å²) in [6, 6.07) is 8.47. The van der Waals surface area contributed by atoms with Crippen LogP contribution in [0.15, 0.2) is 30.3 Å². The van der Waals surface area contributed by atoms with E-state index in [1.54, 1.807) is 35.5 Å². The number of hydrogen-bond donors (Lipinski definition) is 1. The van der Waals surface area contributed by atoms with Crippen molar-refractivity contribution in [2.45, 2.75) is 6.54 Å². The highest BCUT2D eigenvalue weighted by molar-refractivity contribution is 7.16.